The number of halogens is 2. The average Bonchev–Trinajstić information content (AvgIpc) is 3.18. The highest BCUT2D eigenvalue weighted by atomic mass is 32.2. The number of carbonyl (C=O) groups excluding carboxylic acids is 3. The van der Waals surface area contributed by atoms with E-state index in [9.17, 15) is 23.2 Å². The van der Waals surface area contributed by atoms with Crippen LogP contribution in [-0.4, -0.2) is 29.3 Å². The van der Waals surface area contributed by atoms with Gasteiger partial charge in [0, 0.05) is 23.8 Å². The zero-order valence-corrected chi connectivity index (χ0v) is 15.2. The number of hydrogen-bond donors (Lipinski definition) is 1. The fraction of sp³-hybridized carbons (Fsp3) is 0.211. The average molecular weight is 404 g/mol. The monoisotopic (exact) mass is 404 g/mol. The largest absolute Gasteiger partial charge is 0.453 e. The van der Waals surface area contributed by atoms with E-state index in [4.69, 9.17) is 4.74 Å². The van der Waals surface area contributed by atoms with E-state index in [1.54, 1.807) is 12.1 Å². The first-order valence-electron chi connectivity index (χ1n) is 8.44. The summed E-state index contributed by atoms with van der Waals surface area (Å²) in [6.07, 6.45) is 0.460. The molecule has 9 heteroatoms. The molecular weight excluding hydrogens is 390 g/mol. The molecule has 0 radical (unpaired) electrons. The van der Waals surface area contributed by atoms with Crippen LogP contribution in [-0.2, 0) is 19.1 Å². The first kappa shape index (κ1) is 18.4. The molecule has 144 valence electrons. The normalized spacial score (nSPS) is 19.9. The number of rotatable bonds is 4. The lowest BCUT2D eigenvalue weighted by Gasteiger charge is -2.28. The molecule has 2 heterocycles. The lowest BCUT2D eigenvalue weighted by atomic mass is 10.2. The summed E-state index contributed by atoms with van der Waals surface area (Å²) in [5.41, 5.74) is 0.422. The van der Waals surface area contributed by atoms with E-state index in [0.717, 1.165) is 17.0 Å². The molecule has 0 spiro atoms. The number of ether oxygens (including phenoxy) is 1. The molecule has 1 N–H and O–H groups in total. The van der Waals surface area contributed by atoms with Gasteiger partial charge >= 0.3 is 5.97 Å². The number of carbonyl (C=O) groups is 3. The van der Waals surface area contributed by atoms with Crippen molar-refractivity contribution in [1.29, 1.82) is 0 Å². The van der Waals surface area contributed by atoms with Crippen LogP contribution in [0.1, 0.15) is 12.8 Å². The van der Waals surface area contributed by atoms with Crippen LogP contribution in [0.2, 0.25) is 0 Å². The van der Waals surface area contributed by atoms with E-state index in [1.165, 1.54) is 16.7 Å². The van der Waals surface area contributed by atoms with Crippen molar-refractivity contribution in [3.8, 4) is 0 Å². The highest BCUT2D eigenvalue weighted by Gasteiger charge is 2.58. The Hall–Kier alpha value is -2.94. The number of amides is 2. The molecule has 1 saturated heterocycles. The fourth-order valence-corrected chi connectivity index (χ4v) is 4.71. The van der Waals surface area contributed by atoms with Gasteiger partial charge in [-0.25, -0.2) is 13.6 Å². The molecule has 0 aromatic heterocycles. The van der Waals surface area contributed by atoms with E-state index >= 15 is 0 Å². The van der Waals surface area contributed by atoms with E-state index in [0.29, 0.717) is 11.8 Å². The third kappa shape index (κ3) is 3.01. The quantitative estimate of drug-likeness (QED) is 0.793. The van der Waals surface area contributed by atoms with Gasteiger partial charge in [-0.3, -0.25) is 14.5 Å². The minimum atomic E-state index is -1.23. The number of nitrogens with one attached hydrogen (secondary N) is 1. The van der Waals surface area contributed by atoms with Crippen molar-refractivity contribution in [2.75, 3.05) is 16.8 Å². The Balaban J connectivity index is 1.45. The van der Waals surface area contributed by atoms with Gasteiger partial charge in [0.2, 0.25) is 5.91 Å². The molecule has 0 saturated carbocycles. The topological polar surface area (TPSA) is 75.7 Å². The number of para-hydroxylation sites is 1. The Labute approximate surface area is 162 Å². The van der Waals surface area contributed by atoms with Gasteiger partial charge in [0.25, 0.3) is 5.91 Å². The molecule has 1 fully saturated rings. The Morgan fingerprint density at radius 1 is 1.21 bits per heavy atom. The number of nitrogens with zero attached hydrogens (tertiary/aromatic N) is 1. The summed E-state index contributed by atoms with van der Waals surface area (Å²) in [5.74, 6) is -3.38. The maximum atomic E-state index is 13.6. The maximum Gasteiger partial charge on any atom is 0.344 e. The molecule has 2 aromatic rings. The summed E-state index contributed by atoms with van der Waals surface area (Å²) in [6.45, 7) is -0.656. The van der Waals surface area contributed by atoms with Crippen molar-refractivity contribution in [3.05, 3.63) is 54.1 Å². The van der Waals surface area contributed by atoms with Gasteiger partial charge in [-0.2, -0.15) is 0 Å². The number of thioether (sulfide) groups is 1. The highest BCUT2D eigenvalue weighted by molar-refractivity contribution is 8.02. The number of benzene rings is 2. The van der Waals surface area contributed by atoms with Crippen molar-refractivity contribution < 1.29 is 27.9 Å². The first-order chi connectivity index (χ1) is 13.4. The molecule has 0 bridgehead atoms. The summed E-state index contributed by atoms with van der Waals surface area (Å²) in [4.78, 5) is 38.1. The molecule has 2 aliphatic heterocycles. The van der Waals surface area contributed by atoms with Gasteiger partial charge < -0.3 is 10.1 Å². The lowest BCUT2D eigenvalue weighted by molar-refractivity contribution is -0.149. The van der Waals surface area contributed by atoms with Crippen LogP contribution in [0.4, 0.5) is 20.2 Å². The van der Waals surface area contributed by atoms with Crippen molar-refractivity contribution in [1.82, 2.24) is 0 Å². The molecule has 0 aliphatic carbocycles. The second-order valence-electron chi connectivity index (χ2n) is 6.33. The third-order valence-corrected chi connectivity index (χ3v) is 5.99. The Bertz CT molecular complexity index is 1000. The zero-order valence-electron chi connectivity index (χ0n) is 14.4. The summed E-state index contributed by atoms with van der Waals surface area (Å²) in [5, 5.41) is 2.22. The summed E-state index contributed by atoms with van der Waals surface area (Å²) in [7, 11) is 0. The molecule has 6 nitrogen and oxygen atoms in total. The molecule has 1 atom stereocenters. The minimum absolute atomic E-state index is 0.188. The van der Waals surface area contributed by atoms with E-state index in [-0.39, 0.29) is 24.4 Å². The molecule has 2 aromatic carbocycles. The Morgan fingerprint density at radius 3 is 2.79 bits per heavy atom. The fourth-order valence-electron chi connectivity index (χ4n) is 3.29. The summed E-state index contributed by atoms with van der Waals surface area (Å²) < 4.78 is 31.7. The van der Waals surface area contributed by atoms with Crippen LogP contribution >= 0.6 is 11.8 Å². The molecular formula is C19H14F2N2O4S. The van der Waals surface area contributed by atoms with Crippen LogP contribution in [0.15, 0.2) is 47.4 Å². The molecule has 2 aliphatic rings. The van der Waals surface area contributed by atoms with E-state index < -0.39 is 35.0 Å². The second-order valence-corrected chi connectivity index (χ2v) is 7.65. The Morgan fingerprint density at radius 2 is 2.00 bits per heavy atom. The van der Waals surface area contributed by atoms with Crippen LogP contribution in [0.3, 0.4) is 0 Å². The predicted molar refractivity (Wildman–Crippen MR) is 97.7 cm³/mol. The highest BCUT2D eigenvalue weighted by Crippen LogP contribution is 2.56. The Kier molecular flexibility index (Phi) is 4.54. The SMILES string of the molecule is O=C(COC(=O)[C@@]12CCC(=O)N1c1ccccc1S2)Nc1ccc(F)cc1F. The number of hydrogen-bond acceptors (Lipinski definition) is 5. The number of anilines is 2. The first-order valence-corrected chi connectivity index (χ1v) is 9.25. The smallest absolute Gasteiger partial charge is 0.344 e. The van der Waals surface area contributed by atoms with Crippen LogP contribution < -0.4 is 10.2 Å². The second kappa shape index (κ2) is 6.90. The molecule has 0 unspecified atom stereocenters. The van der Waals surface area contributed by atoms with Gasteiger partial charge in [0.05, 0.1) is 11.4 Å². The van der Waals surface area contributed by atoms with Crippen molar-refractivity contribution in [2.45, 2.75) is 22.6 Å². The van der Waals surface area contributed by atoms with Gasteiger partial charge in [-0.1, -0.05) is 23.9 Å². The molecule has 28 heavy (non-hydrogen) atoms. The van der Waals surface area contributed by atoms with Gasteiger partial charge in [0.15, 0.2) is 11.5 Å². The van der Waals surface area contributed by atoms with Gasteiger partial charge in [0.1, 0.15) is 11.6 Å². The van der Waals surface area contributed by atoms with E-state index in [2.05, 4.69) is 5.32 Å². The van der Waals surface area contributed by atoms with Gasteiger partial charge in [-0.15, -0.1) is 0 Å². The maximum absolute atomic E-state index is 13.6. The van der Waals surface area contributed by atoms with E-state index in [1.807, 2.05) is 12.1 Å². The zero-order chi connectivity index (χ0) is 19.9. The lowest BCUT2D eigenvalue weighted by Crippen LogP contribution is -2.48. The van der Waals surface area contributed by atoms with Crippen LogP contribution in [0.25, 0.3) is 0 Å². The predicted octanol–water partition coefficient (Wildman–Crippen LogP) is 3.08. The number of fused-ring (bicyclic) bond motifs is 3. The minimum Gasteiger partial charge on any atom is -0.453 e. The van der Waals surface area contributed by atoms with Crippen molar-refractivity contribution >= 4 is 40.9 Å². The molecule has 4 rings (SSSR count). The number of esters is 1. The van der Waals surface area contributed by atoms with Crippen molar-refractivity contribution in [2.24, 2.45) is 0 Å². The third-order valence-electron chi connectivity index (χ3n) is 4.53. The van der Waals surface area contributed by atoms with Gasteiger partial charge in [-0.05, 0) is 24.3 Å². The summed E-state index contributed by atoms with van der Waals surface area (Å²) >= 11 is 1.22. The van der Waals surface area contributed by atoms with Crippen LogP contribution in [0, 0.1) is 11.6 Å². The van der Waals surface area contributed by atoms with Crippen LogP contribution in [0.5, 0.6) is 0 Å². The summed E-state index contributed by atoms with van der Waals surface area (Å²) in [6, 6.07) is 9.85. The van der Waals surface area contributed by atoms with Crippen molar-refractivity contribution in [3.63, 3.8) is 0 Å². The standard InChI is InChI=1S/C19H14F2N2O4S/c20-11-5-6-13(12(21)9-11)22-16(24)10-27-18(26)19-8-7-17(25)23(19)14-3-1-2-4-15(14)28-19/h1-6,9H,7-8,10H2,(H,22,24)/t19-/m0/s1. The molecule has 2 amide bonds.